The number of aryl methyl sites for hydroxylation is 2. The first-order valence-corrected chi connectivity index (χ1v) is 9.37. The Kier molecular flexibility index (Phi) is 5.33. The lowest BCUT2D eigenvalue weighted by Gasteiger charge is -2.27. The van der Waals surface area contributed by atoms with Crippen molar-refractivity contribution in [2.75, 3.05) is 24.6 Å². The summed E-state index contributed by atoms with van der Waals surface area (Å²) in [5.74, 6) is 0. The molecule has 0 saturated carbocycles. The summed E-state index contributed by atoms with van der Waals surface area (Å²) in [6, 6.07) is 3.94. The van der Waals surface area contributed by atoms with E-state index in [9.17, 15) is 14.7 Å². The van der Waals surface area contributed by atoms with Crippen LogP contribution in [0.1, 0.15) is 43.9 Å². The molecule has 2 aliphatic heterocycles. The van der Waals surface area contributed by atoms with Crippen LogP contribution in [0.2, 0.25) is 0 Å². The van der Waals surface area contributed by atoms with Gasteiger partial charge in [-0.1, -0.05) is 0 Å². The van der Waals surface area contributed by atoms with Crippen LogP contribution < -0.4 is 4.90 Å². The van der Waals surface area contributed by atoms with E-state index < -0.39 is 17.8 Å². The lowest BCUT2D eigenvalue weighted by molar-refractivity contribution is 0.0236. The van der Waals surface area contributed by atoms with Gasteiger partial charge >= 0.3 is 12.2 Å². The third-order valence-electron chi connectivity index (χ3n) is 4.81. The highest BCUT2D eigenvalue weighted by Crippen LogP contribution is 2.30. The zero-order valence-electron chi connectivity index (χ0n) is 16.4. The van der Waals surface area contributed by atoms with Gasteiger partial charge in [-0.2, -0.15) is 0 Å². The fraction of sp³-hybridized carbons (Fsp3) is 0.600. The van der Waals surface area contributed by atoms with E-state index in [0.717, 1.165) is 35.2 Å². The molecule has 1 fully saturated rings. The van der Waals surface area contributed by atoms with Crippen LogP contribution in [0.4, 0.5) is 15.3 Å². The third kappa shape index (κ3) is 4.35. The molecule has 1 saturated heterocycles. The minimum Gasteiger partial charge on any atom is -0.444 e. The highest BCUT2D eigenvalue weighted by atomic mass is 16.6. The number of rotatable bonds is 2. The summed E-state index contributed by atoms with van der Waals surface area (Å²) in [6.45, 7) is 8.88. The van der Waals surface area contributed by atoms with Gasteiger partial charge in [0.25, 0.3) is 0 Å². The Morgan fingerprint density at radius 1 is 1.37 bits per heavy atom. The smallest absolute Gasteiger partial charge is 0.414 e. The number of fused-ring (bicyclic) bond motifs is 1. The minimum absolute atomic E-state index is 0.184. The van der Waals surface area contributed by atoms with E-state index in [4.69, 9.17) is 9.47 Å². The van der Waals surface area contributed by atoms with Crippen molar-refractivity contribution in [3.63, 3.8) is 0 Å². The Labute approximate surface area is 159 Å². The number of hydrogen-bond donors (Lipinski definition) is 1. The SMILES string of the molecule is Cc1cc(N2C[C@H](CO)OC2=O)cc2c1CN(C(=O)OC(C)(C)C)CCC2. The van der Waals surface area contributed by atoms with Crippen LogP contribution in [-0.2, 0) is 22.4 Å². The van der Waals surface area contributed by atoms with Gasteiger partial charge in [0, 0.05) is 18.8 Å². The van der Waals surface area contributed by atoms with E-state index in [1.165, 1.54) is 0 Å². The van der Waals surface area contributed by atoms with Gasteiger partial charge in [0.1, 0.15) is 11.7 Å². The van der Waals surface area contributed by atoms with Crippen LogP contribution >= 0.6 is 0 Å². The second-order valence-corrected chi connectivity index (χ2v) is 8.20. The van der Waals surface area contributed by atoms with Gasteiger partial charge in [-0.3, -0.25) is 4.90 Å². The molecule has 0 aromatic heterocycles. The van der Waals surface area contributed by atoms with Crippen LogP contribution in [0.3, 0.4) is 0 Å². The maximum atomic E-state index is 12.5. The number of carbonyl (C=O) groups excluding carboxylic acids is 2. The molecule has 0 radical (unpaired) electrons. The van der Waals surface area contributed by atoms with E-state index in [1.54, 1.807) is 9.80 Å². The highest BCUT2D eigenvalue weighted by Gasteiger charge is 2.33. The maximum absolute atomic E-state index is 12.5. The van der Waals surface area contributed by atoms with Crippen molar-refractivity contribution in [2.24, 2.45) is 0 Å². The molecule has 1 aromatic rings. The van der Waals surface area contributed by atoms with Crippen molar-refractivity contribution >= 4 is 17.9 Å². The number of cyclic esters (lactones) is 1. The molecule has 3 rings (SSSR count). The Balaban J connectivity index is 1.83. The average molecular weight is 376 g/mol. The average Bonchev–Trinajstić information content (AvgIpc) is 2.81. The summed E-state index contributed by atoms with van der Waals surface area (Å²) in [7, 11) is 0. The summed E-state index contributed by atoms with van der Waals surface area (Å²) >= 11 is 0. The number of amides is 2. The molecule has 1 N–H and O–H groups in total. The van der Waals surface area contributed by atoms with Crippen molar-refractivity contribution in [1.82, 2.24) is 4.90 Å². The summed E-state index contributed by atoms with van der Waals surface area (Å²) in [5.41, 5.74) is 3.52. The normalized spacial score (nSPS) is 20.2. The van der Waals surface area contributed by atoms with E-state index >= 15 is 0 Å². The van der Waals surface area contributed by atoms with Crippen LogP contribution in [0.5, 0.6) is 0 Å². The van der Waals surface area contributed by atoms with Crippen molar-refractivity contribution in [1.29, 1.82) is 0 Å². The van der Waals surface area contributed by atoms with Crippen molar-refractivity contribution < 1.29 is 24.2 Å². The summed E-state index contributed by atoms with van der Waals surface area (Å²) in [6.07, 6.45) is 0.443. The van der Waals surface area contributed by atoms with E-state index in [-0.39, 0.29) is 12.7 Å². The molecule has 7 nitrogen and oxygen atoms in total. The number of benzene rings is 1. The predicted octanol–water partition coefficient (Wildman–Crippen LogP) is 3.00. The molecule has 1 aromatic carbocycles. The van der Waals surface area contributed by atoms with Crippen LogP contribution in [0.25, 0.3) is 0 Å². The van der Waals surface area contributed by atoms with Crippen LogP contribution in [0.15, 0.2) is 12.1 Å². The van der Waals surface area contributed by atoms with Crippen molar-refractivity contribution in [2.45, 2.75) is 58.8 Å². The molecule has 0 aliphatic carbocycles. The van der Waals surface area contributed by atoms with Crippen molar-refractivity contribution in [3.05, 3.63) is 28.8 Å². The fourth-order valence-electron chi connectivity index (χ4n) is 3.51. The lowest BCUT2D eigenvalue weighted by atomic mass is 9.98. The number of ether oxygens (including phenoxy) is 2. The quantitative estimate of drug-likeness (QED) is 0.858. The Bertz CT molecular complexity index is 741. The maximum Gasteiger partial charge on any atom is 0.414 e. The van der Waals surface area contributed by atoms with Crippen LogP contribution in [0, 0.1) is 6.92 Å². The number of carbonyl (C=O) groups is 2. The second kappa shape index (κ2) is 7.38. The number of nitrogens with zero attached hydrogens (tertiary/aromatic N) is 2. The first kappa shape index (κ1) is 19.5. The van der Waals surface area contributed by atoms with E-state index in [1.807, 2.05) is 39.8 Å². The van der Waals surface area contributed by atoms with E-state index in [2.05, 4.69) is 0 Å². The second-order valence-electron chi connectivity index (χ2n) is 8.20. The molecule has 1 atom stereocenters. The summed E-state index contributed by atoms with van der Waals surface area (Å²) in [5, 5.41) is 9.24. The first-order chi connectivity index (χ1) is 12.7. The molecule has 0 bridgehead atoms. The molecule has 0 unspecified atom stereocenters. The van der Waals surface area contributed by atoms with Gasteiger partial charge in [-0.05, 0) is 69.4 Å². The van der Waals surface area contributed by atoms with Gasteiger partial charge < -0.3 is 19.5 Å². The molecular formula is C20H28N2O5. The molecule has 2 aliphatic rings. The minimum atomic E-state index is -0.523. The van der Waals surface area contributed by atoms with Gasteiger partial charge in [-0.15, -0.1) is 0 Å². The molecule has 2 amide bonds. The van der Waals surface area contributed by atoms with Gasteiger partial charge in [0.05, 0.1) is 13.2 Å². The van der Waals surface area contributed by atoms with Gasteiger partial charge in [-0.25, -0.2) is 9.59 Å². The summed E-state index contributed by atoms with van der Waals surface area (Å²) in [4.78, 5) is 27.9. The standard InChI is InChI=1S/C20H28N2O5/c1-13-8-15(22-10-16(12-23)26-19(22)25)9-14-6-5-7-21(11-17(13)14)18(24)27-20(2,3)4/h8-9,16,23H,5-7,10-12H2,1-4H3/t16-/m1/s1. The topological polar surface area (TPSA) is 79.3 Å². The zero-order chi connectivity index (χ0) is 19.8. The number of hydrogen-bond acceptors (Lipinski definition) is 5. The fourth-order valence-corrected chi connectivity index (χ4v) is 3.51. The Morgan fingerprint density at radius 2 is 2.11 bits per heavy atom. The molecule has 0 spiro atoms. The van der Waals surface area contributed by atoms with E-state index in [0.29, 0.717) is 19.6 Å². The number of aliphatic hydroxyl groups excluding tert-OH is 1. The van der Waals surface area contributed by atoms with Gasteiger partial charge in [0.2, 0.25) is 0 Å². The molecule has 27 heavy (non-hydrogen) atoms. The van der Waals surface area contributed by atoms with Gasteiger partial charge in [0.15, 0.2) is 0 Å². The number of anilines is 1. The molecular weight excluding hydrogens is 348 g/mol. The monoisotopic (exact) mass is 376 g/mol. The lowest BCUT2D eigenvalue weighted by Crippen LogP contribution is -2.36. The Morgan fingerprint density at radius 3 is 2.74 bits per heavy atom. The largest absolute Gasteiger partial charge is 0.444 e. The number of aliphatic hydroxyl groups is 1. The molecule has 2 heterocycles. The van der Waals surface area contributed by atoms with Crippen molar-refractivity contribution in [3.8, 4) is 0 Å². The summed E-state index contributed by atoms with van der Waals surface area (Å²) < 4.78 is 10.7. The molecule has 7 heteroatoms. The molecule has 148 valence electrons. The highest BCUT2D eigenvalue weighted by molar-refractivity contribution is 5.90. The predicted molar refractivity (Wildman–Crippen MR) is 101 cm³/mol. The zero-order valence-corrected chi connectivity index (χ0v) is 16.4. The van der Waals surface area contributed by atoms with Crippen LogP contribution in [-0.4, -0.2) is 53.6 Å². The first-order valence-electron chi connectivity index (χ1n) is 9.37. The Hall–Kier alpha value is -2.28. The third-order valence-corrected chi connectivity index (χ3v) is 4.81.